The van der Waals surface area contributed by atoms with Crippen LogP contribution in [-0.2, 0) is 0 Å². The highest BCUT2D eigenvalue weighted by Gasteiger charge is 2.03. The molecule has 2 N–H and O–H groups in total. The first-order valence-corrected chi connectivity index (χ1v) is 5.71. The minimum atomic E-state index is 0.868. The molecule has 17 heavy (non-hydrogen) atoms. The number of nitrogens with zero attached hydrogens (tertiary/aromatic N) is 2. The van der Waals surface area contributed by atoms with Gasteiger partial charge in [-0.05, 0) is 24.1 Å². The topological polar surface area (TPSA) is 55.8 Å². The molecule has 0 fully saturated rings. The van der Waals surface area contributed by atoms with Gasteiger partial charge in [-0.2, -0.15) is 0 Å². The average Bonchev–Trinajstić information content (AvgIpc) is 2.90. The first-order chi connectivity index (χ1) is 8.35. The second-order valence-electron chi connectivity index (χ2n) is 3.83. The fourth-order valence-electron chi connectivity index (χ4n) is 1.76. The van der Waals surface area contributed by atoms with Crippen LogP contribution in [0.25, 0.3) is 11.3 Å². The lowest BCUT2D eigenvalue weighted by Crippen LogP contribution is -2.21. The van der Waals surface area contributed by atoms with Crippen molar-refractivity contribution in [2.75, 3.05) is 11.4 Å². The lowest BCUT2D eigenvalue weighted by Gasteiger charge is -2.18. The number of aromatic nitrogens is 2. The van der Waals surface area contributed by atoms with E-state index in [1.165, 1.54) is 6.34 Å². The van der Waals surface area contributed by atoms with Crippen LogP contribution in [0.1, 0.15) is 13.3 Å². The molecule has 1 aromatic heterocycles. The zero-order valence-corrected chi connectivity index (χ0v) is 9.85. The molecule has 4 heteroatoms. The molecule has 4 nitrogen and oxygen atoms in total. The number of aromatic amines is 1. The van der Waals surface area contributed by atoms with Crippen molar-refractivity contribution in [2.45, 2.75) is 13.3 Å². The summed E-state index contributed by atoms with van der Waals surface area (Å²) in [7, 11) is 0. The van der Waals surface area contributed by atoms with Crippen LogP contribution in [0.5, 0.6) is 0 Å². The Kier molecular flexibility index (Phi) is 3.55. The molecule has 0 radical (unpaired) electrons. The molecule has 0 aliphatic rings. The Hall–Kier alpha value is -2.10. The molecule has 0 amide bonds. The van der Waals surface area contributed by atoms with Crippen molar-refractivity contribution in [3.8, 4) is 11.3 Å². The minimum Gasteiger partial charge on any atom is -0.345 e. The number of H-pyrrole nitrogens is 1. The number of benzene rings is 1. The molecule has 1 aromatic carbocycles. The first kappa shape index (κ1) is 11.4. The van der Waals surface area contributed by atoms with Gasteiger partial charge in [-0.1, -0.05) is 19.1 Å². The number of hydrogen-bond acceptors (Lipinski definition) is 2. The van der Waals surface area contributed by atoms with E-state index >= 15 is 0 Å². The van der Waals surface area contributed by atoms with E-state index in [-0.39, 0.29) is 0 Å². The second-order valence-corrected chi connectivity index (χ2v) is 3.83. The maximum absolute atomic E-state index is 7.38. The van der Waals surface area contributed by atoms with E-state index in [4.69, 9.17) is 5.41 Å². The summed E-state index contributed by atoms with van der Waals surface area (Å²) >= 11 is 0. The van der Waals surface area contributed by atoms with E-state index in [0.717, 1.165) is 29.9 Å². The molecule has 2 aromatic rings. The molecule has 0 saturated heterocycles. The lowest BCUT2D eigenvalue weighted by atomic mass is 10.1. The Bertz CT molecular complexity index is 459. The third-order valence-corrected chi connectivity index (χ3v) is 2.63. The zero-order chi connectivity index (χ0) is 12.1. The Morgan fingerprint density at radius 2 is 2.12 bits per heavy atom. The van der Waals surface area contributed by atoms with Crippen LogP contribution in [0.2, 0.25) is 0 Å². The van der Waals surface area contributed by atoms with Gasteiger partial charge in [0.1, 0.15) is 0 Å². The maximum Gasteiger partial charge on any atom is 0.0924 e. The molecule has 0 aliphatic carbocycles. The highest BCUT2D eigenvalue weighted by molar-refractivity contribution is 5.77. The van der Waals surface area contributed by atoms with Crippen molar-refractivity contribution in [1.82, 2.24) is 9.97 Å². The Labute approximate surface area is 101 Å². The lowest BCUT2D eigenvalue weighted by molar-refractivity contribution is 0.908. The highest BCUT2D eigenvalue weighted by atomic mass is 15.1. The molecular formula is C13H16N4. The number of nitrogens with one attached hydrogen (secondary N) is 2. The summed E-state index contributed by atoms with van der Waals surface area (Å²) in [6, 6.07) is 8.12. The van der Waals surface area contributed by atoms with Crippen LogP contribution in [0, 0.1) is 5.41 Å². The van der Waals surface area contributed by atoms with Crippen LogP contribution < -0.4 is 4.90 Å². The van der Waals surface area contributed by atoms with E-state index in [1.807, 2.05) is 29.2 Å². The third kappa shape index (κ3) is 2.53. The SMILES string of the molecule is CCCN(C=N)c1ccc(-c2cnc[nH]2)cc1. The zero-order valence-electron chi connectivity index (χ0n) is 9.85. The summed E-state index contributed by atoms with van der Waals surface area (Å²) in [5.41, 5.74) is 3.16. The van der Waals surface area contributed by atoms with Gasteiger partial charge >= 0.3 is 0 Å². The maximum atomic E-state index is 7.38. The van der Waals surface area contributed by atoms with Gasteiger partial charge in [0.05, 0.1) is 24.6 Å². The van der Waals surface area contributed by atoms with Gasteiger partial charge in [-0.3, -0.25) is 5.41 Å². The smallest absolute Gasteiger partial charge is 0.0924 e. The molecule has 2 rings (SSSR count). The summed E-state index contributed by atoms with van der Waals surface area (Å²) in [6.07, 6.45) is 5.87. The molecular weight excluding hydrogens is 212 g/mol. The van der Waals surface area contributed by atoms with Crippen molar-refractivity contribution >= 4 is 12.0 Å². The standard InChI is InChI=1S/C13H16N4/c1-2-7-17(9-14)12-5-3-11(4-6-12)13-8-15-10-16-13/h3-6,8-10,14H,2,7H2,1H3,(H,15,16). The van der Waals surface area contributed by atoms with E-state index in [9.17, 15) is 0 Å². The normalized spacial score (nSPS) is 10.2. The summed E-state index contributed by atoms with van der Waals surface area (Å²) < 4.78 is 0. The summed E-state index contributed by atoms with van der Waals surface area (Å²) in [6.45, 7) is 2.97. The number of rotatable bonds is 5. The first-order valence-electron chi connectivity index (χ1n) is 5.71. The van der Waals surface area contributed by atoms with Gasteiger partial charge in [-0.15, -0.1) is 0 Å². The minimum absolute atomic E-state index is 0.868. The van der Waals surface area contributed by atoms with E-state index in [2.05, 4.69) is 16.9 Å². The van der Waals surface area contributed by atoms with Crippen LogP contribution in [0.4, 0.5) is 5.69 Å². The van der Waals surface area contributed by atoms with Crippen LogP contribution in [-0.4, -0.2) is 22.9 Å². The molecule has 0 aliphatic heterocycles. The monoisotopic (exact) mass is 228 g/mol. The molecule has 0 atom stereocenters. The second kappa shape index (κ2) is 5.30. The third-order valence-electron chi connectivity index (χ3n) is 2.63. The van der Waals surface area contributed by atoms with Crippen molar-refractivity contribution in [3.63, 3.8) is 0 Å². The Morgan fingerprint density at radius 1 is 1.35 bits per heavy atom. The molecule has 0 bridgehead atoms. The summed E-state index contributed by atoms with van der Waals surface area (Å²) in [5.74, 6) is 0. The quantitative estimate of drug-likeness (QED) is 0.610. The fourth-order valence-corrected chi connectivity index (χ4v) is 1.76. The fraction of sp³-hybridized carbons (Fsp3) is 0.231. The van der Waals surface area contributed by atoms with Gasteiger partial charge in [0.2, 0.25) is 0 Å². The average molecular weight is 228 g/mol. The number of hydrogen-bond donors (Lipinski definition) is 2. The van der Waals surface area contributed by atoms with Crippen molar-refractivity contribution in [3.05, 3.63) is 36.8 Å². The molecule has 0 spiro atoms. The van der Waals surface area contributed by atoms with Gasteiger partial charge in [-0.25, -0.2) is 4.98 Å². The van der Waals surface area contributed by atoms with E-state index in [0.29, 0.717) is 0 Å². The van der Waals surface area contributed by atoms with Crippen molar-refractivity contribution < 1.29 is 0 Å². The van der Waals surface area contributed by atoms with Crippen molar-refractivity contribution in [2.24, 2.45) is 0 Å². The largest absolute Gasteiger partial charge is 0.345 e. The number of anilines is 1. The van der Waals surface area contributed by atoms with Gasteiger partial charge in [0.25, 0.3) is 0 Å². The van der Waals surface area contributed by atoms with Crippen LogP contribution in [0.15, 0.2) is 36.8 Å². The van der Waals surface area contributed by atoms with Crippen LogP contribution >= 0.6 is 0 Å². The number of imidazole rings is 1. The highest BCUT2D eigenvalue weighted by Crippen LogP contribution is 2.20. The van der Waals surface area contributed by atoms with Gasteiger partial charge in [0, 0.05) is 12.2 Å². The molecule has 88 valence electrons. The molecule has 0 unspecified atom stereocenters. The molecule has 0 saturated carbocycles. The Morgan fingerprint density at radius 3 is 2.65 bits per heavy atom. The van der Waals surface area contributed by atoms with Crippen molar-refractivity contribution in [1.29, 1.82) is 5.41 Å². The van der Waals surface area contributed by atoms with E-state index < -0.39 is 0 Å². The van der Waals surface area contributed by atoms with E-state index in [1.54, 1.807) is 12.5 Å². The van der Waals surface area contributed by atoms with Gasteiger partial charge < -0.3 is 9.88 Å². The predicted octanol–water partition coefficient (Wildman–Crippen LogP) is 2.90. The van der Waals surface area contributed by atoms with Gasteiger partial charge in [0.15, 0.2) is 0 Å². The Balaban J connectivity index is 2.20. The predicted molar refractivity (Wildman–Crippen MR) is 70.4 cm³/mol. The van der Waals surface area contributed by atoms with Crippen LogP contribution in [0.3, 0.4) is 0 Å². The summed E-state index contributed by atoms with van der Waals surface area (Å²) in [5, 5.41) is 7.38. The summed E-state index contributed by atoms with van der Waals surface area (Å²) in [4.78, 5) is 9.00. The molecule has 1 heterocycles.